The first-order valence-electron chi connectivity index (χ1n) is 7.66. The van der Waals surface area contributed by atoms with E-state index < -0.39 is 0 Å². The van der Waals surface area contributed by atoms with Crippen molar-refractivity contribution in [2.45, 2.75) is 45.1 Å². The van der Waals surface area contributed by atoms with Crippen LogP contribution in [0, 0.1) is 11.8 Å². The highest BCUT2D eigenvalue weighted by atomic mass is 15.1. The molecule has 0 atom stereocenters. The minimum Gasteiger partial charge on any atom is -0.299 e. The van der Waals surface area contributed by atoms with E-state index in [0.29, 0.717) is 0 Å². The molecule has 2 fully saturated rings. The van der Waals surface area contributed by atoms with Crippen molar-refractivity contribution < 1.29 is 0 Å². The summed E-state index contributed by atoms with van der Waals surface area (Å²) in [6.45, 7) is 3.77. The fraction of sp³-hybridized carbons (Fsp3) is 0.647. The molecule has 0 bridgehead atoms. The van der Waals surface area contributed by atoms with Crippen molar-refractivity contribution >= 4 is 0 Å². The summed E-state index contributed by atoms with van der Waals surface area (Å²) in [6, 6.07) is 10.9. The lowest BCUT2D eigenvalue weighted by atomic mass is 9.91. The molecule has 1 nitrogen and oxygen atoms in total. The fourth-order valence-corrected chi connectivity index (χ4v) is 3.15. The van der Waals surface area contributed by atoms with Crippen molar-refractivity contribution in [2.75, 3.05) is 13.1 Å². The molecular formula is C17H25N. The summed E-state index contributed by atoms with van der Waals surface area (Å²) >= 11 is 0. The van der Waals surface area contributed by atoms with Crippen molar-refractivity contribution in [3.63, 3.8) is 0 Å². The van der Waals surface area contributed by atoms with Crippen molar-refractivity contribution in [3.8, 4) is 0 Å². The molecule has 1 heterocycles. The van der Waals surface area contributed by atoms with Crippen LogP contribution in [0.2, 0.25) is 0 Å². The molecule has 1 aromatic carbocycles. The number of rotatable bonds is 5. The van der Waals surface area contributed by atoms with Crippen molar-refractivity contribution in [3.05, 3.63) is 35.9 Å². The van der Waals surface area contributed by atoms with Crippen molar-refractivity contribution in [1.82, 2.24) is 4.90 Å². The normalized spacial score (nSPS) is 22.2. The number of hydrogen-bond donors (Lipinski definition) is 0. The lowest BCUT2D eigenvalue weighted by molar-refractivity contribution is 0.170. The highest BCUT2D eigenvalue weighted by molar-refractivity contribution is 5.14. The molecule has 3 rings (SSSR count). The first-order chi connectivity index (χ1) is 8.90. The van der Waals surface area contributed by atoms with Gasteiger partial charge < -0.3 is 0 Å². The molecule has 0 unspecified atom stereocenters. The van der Waals surface area contributed by atoms with Gasteiger partial charge in [-0.05, 0) is 43.3 Å². The van der Waals surface area contributed by atoms with Gasteiger partial charge in [-0.3, -0.25) is 4.90 Å². The standard InChI is InChI=1S/C17H25N/c1-2-4-17(5-3-1)14-18-12-10-16(11-13-18)9-8-15-6-7-15/h1-5,15-16H,6-14H2. The van der Waals surface area contributed by atoms with Crippen LogP contribution in [0.15, 0.2) is 30.3 Å². The van der Waals surface area contributed by atoms with Gasteiger partial charge in [0.05, 0.1) is 0 Å². The summed E-state index contributed by atoms with van der Waals surface area (Å²) in [5.74, 6) is 2.14. The molecule has 1 aliphatic heterocycles. The Bertz CT molecular complexity index is 347. The van der Waals surface area contributed by atoms with E-state index in [-0.39, 0.29) is 0 Å². The summed E-state index contributed by atoms with van der Waals surface area (Å²) in [5.41, 5.74) is 1.47. The van der Waals surface area contributed by atoms with E-state index >= 15 is 0 Å². The molecule has 2 aliphatic rings. The quantitative estimate of drug-likeness (QED) is 0.753. The number of likely N-dealkylation sites (tertiary alicyclic amines) is 1. The van der Waals surface area contributed by atoms with Gasteiger partial charge in [0, 0.05) is 6.54 Å². The van der Waals surface area contributed by atoms with Gasteiger partial charge in [0.2, 0.25) is 0 Å². The van der Waals surface area contributed by atoms with Crippen molar-refractivity contribution in [2.24, 2.45) is 11.8 Å². The number of benzene rings is 1. The number of hydrogen-bond acceptors (Lipinski definition) is 1. The summed E-state index contributed by atoms with van der Waals surface area (Å²) in [6.07, 6.45) is 8.92. The molecule has 0 radical (unpaired) electrons. The van der Waals surface area contributed by atoms with Crippen LogP contribution >= 0.6 is 0 Å². The van der Waals surface area contributed by atoms with Crippen molar-refractivity contribution in [1.29, 1.82) is 0 Å². The van der Waals surface area contributed by atoms with E-state index in [4.69, 9.17) is 0 Å². The van der Waals surface area contributed by atoms with Gasteiger partial charge in [0.25, 0.3) is 0 Å². The largest absolute Gasteiger partial charge is 0.299 e. The van der Waals surface area contributed by atoms with E-state index in [0.717, 1.165) is 18.4 Å². The van der Waals surface area contributed by atoms with Gasteiger partial charge in [0.1, 0.15) is 0 Å². The maximum Gasteiger partial charge on any atom is 0.0233 e. The Morgan fingerprint density at radius 1 is 0.833 bits per heavy atom. The Hall–Kier alpha value is -0.820. The number of piperidine rings is 1. The second kappa shape index (κ2) is 5.88. The Balaban J connectivity index is 1.39. The third kappa shape index (κ3) is 3.58. The van der Waals surface area contributed by atoms with Gasteiger partial charge in [0.15, 0.2) is 0 Å². The minimum atomic E-state index is 1.03. The van der Waals surface area contributed by atoms with E-state index in [9.17, 15) is 0 Å². The molecule has 0 N–H and O–H groups in total. The molecule has 98 valence electrons. The summed E-state index contributed by atoms with van der Waals surface area (Å²) in [5, 5.41) is 0. The van der Waals surface area contributed by atoms with Gasteiger partial charge in [-0.1, -0.05) is 56.0 Å². The lowest BCUT2D eigenvalue weighted by Gasteiger charge is -2.32. The van der Waals surface area contributed by atoms with Crippen LogP contribution in [0.5, 0.6) is 0 Å². The minimum absolute atomic E-state index is 1.03. The average Bonchev–Trinajstić information content (AvgIpc) is 3.23. The maximum atomic E-state index is 2.63. The Kier molecular flexibility index (Phi) is 3.99. The van der Waals surface area contributed by atoms with Crippen LogP contribution in [0.1, 0.15) is 44.1 Å². The van der Waals surface area contributed by atoms with E-state index in [1.165, 1.54) is 57.2 Å². The van der Waals surface area contributed by atoms with Crippen LogP contribution in [0.3, 0.4) is 0 Å². The van der Waals surface area contributed by atoms with Gasteiger partial charge in [-0.25, -0.2) is 0 Å². The zero-order valence-corrected chi connectivity index (χ0v) is 11.4. The van der Waals surface area contributed by atoms with E-state index in [2.05, 4.69) is 35.2 Å². The van der Waals surface area contributed by atoms with Gasteiger partial charge in [-0.15, -0.1) is 0 Å². The van der Waals surface area contributed by atoms with Gasteiger partial charge in [-0.2, -0.15) is 0 Å². The molecule has 0 spiro atoms. The summed E-state index contributed by atoms with van der Waals surface area (Å²) in [7, 11) is 0. The van der Waals surface area contributed by atoms with Crippen LogP contribution < -0.4 is 0 Å². The summed E-state index contributed by atoms with van der Waals surface area (Å²) < 4.78 is 0. The molecule has 0 aromatic heterocycles. The predicted octanol–water partition coefficient (Wildman–Crippen LogP) is 4.09. The Morgan fingerprint density at radius 3 is 2.06 bits per heavy atom. The molecule has 1 aliphatic carbocycles. The third-order valence-corrected chi connectivity index (χ3v) is 4.64. The molecule has 1 heteroatoms. The SMILES string of the molecule is c1ccc(CN2CCC(CCC3CC3)CC2)cc1. The van der Waals surface area contributed by atoms with E-state index in [1.807, 2.05) is 0 Å². The molecule has 1 saturated heterocycles. The molecule has 18 heavy (non-hydrogen) atoms. The zero-order valence-electron chi connectivity index (χ0n) is 11.4. The smallest absolute Gasteiger partial charge is 0.0233 e. The van der Waals surface area contributed by atoms with Crippen LogP contribution in [-0.2, 0) is 6.54 Å². The average molecular weight is 243 g/mol. The Morgan fingerprint density at radius 2 is 1.44 bits per heavy atom. The molecular weight excluding hydrogens is 218 g/mol. The number of nitrogens with zero attached hydrogens (tertiary/aromatic N) is 1. The highest BCUT2D eigenvalue weighted by Crippen LogP contribution is 2.36. The fourth-order valence-electron chi connectivity index (χ4n) is 3.15. The summed E-state index contributed by atoms with van der Waals surface area (Å²) in [4.78, 5) is 2.63. The third-order valence-electron chi connectivity index (χ3n) is 4.64. The zero-order chi connectivity index (χ0) is 12.2. The maximum absolute atomic E-state index is 2.63. The van der Waals surface area contributed by atoms with Gasteiger partial charge >= 0.3 is 0 Å². The molecule has 0 amide bonds. The monoisotopic (exact) mass is 243 g/mol. The second-order valence-electron chi connectivity index (χ2n) is 6.23. The van der Waals surface area contributed by atoms with Crippen LogP contribution in [-0.4, -0.2) is 18.0 Å². The first kappa shape index (κ1) is 12.2. The first-order valence-corrected chi connectivity index (χ1v) is 7.66. The topological polar surface area (TPSA) is 3.24 Å². The highest BCUT2D eigenvalue weighted by Gasteiger charge is 2.24. The Labute approximate surface area is 111 Å². The van der Waals surface area contributed by atoms with Crippen LogP contribution in [0.25, 0.3) is 0 Å². The molecule has 1 saturated carbocycles. The molecule has 1 aromatic rings. The van der Waals surface area contributed by atoms with E-state index in [1.54, 1.807) is 0 Å². The lowest BCUT2D eigenvalue weighted by Crippen LogP contribution is -2.33. The predicted molar refractivity (Wildman–Crippen MR) is 76.4 cm³/mol. The van der Waals surface area contributed by atoms with Crippen LogP contribution in [0.4, 0.5) is 0 Å². The second-order valence-corrected chi connectivity index (χ2v) is 6.23.